The molecule has 4 nitrogen and oxygen atoms in total. The van der Waals surface area contributed by atoms with Crippen molar-refractivity contribution in [2.24, 2.45) is 0 Å². The molecule has 3 aromatic carbocycles. The number of hydrogen-bond acceptors (Lipinski definition) is 4. The minimum Gasteiger partial charge on any atom is -0.494 e. The Hall–Kier alpha value is -3.27. The van der Waals surface area contributed by atoms with Gasteiger partial charge in [0, 0.05) is 0 Å². The maximum absolute atomic E-state index is 12.5. The van der Waals surface area contributed by atoms with E-state index in [4.69, 9.17) is 14.2 Å². The monoisotopic (exact) mass is 390 g/mol. The van der Waals surface area contributed by atoms with E-state index in [9.17, 15) is 4.79 Å². The van der Waals surface area contributed by atoms with E-state index < -0.39 is 5.97 Å². The molecule has 0 fully saturated rings. The summed E-state index contributed by atoms with van der Waals surface area (Å²) in [6.07, 6.45) is 5.02. The van der Waals surface area contributed by atoms with E-state index in [1.165, 1.54) is 0 Å². The molecule has 0 aliphatic carbocycles. The molecule has 0 saturated carbocycles. The van der Waals surface area contributed by atoms with Crippen LogP contribution in [0.3, 0.4) is 0 Å². The van der Waals surface area contributed by atoms with E-state index in [-0.39, 0.29) is 0 Å². The summed E-state index contributed by atoms with van der Waals surface area (Å²) in [5, 5.41) is 1.98. The van der Waals surface area contributed by atoms with Crippen molar-refractivity contribution in [1.29, 1.82) is 0 Å². The molecule has 0 amide bonds. The Morgan fingerprint density at radius 2 is 1.55 bits per heavy atom. The predicted octanol–water partition coefficient (Wildman–Crippen LogP) is 6.19. The highest BCUT2D eigenvalue weighted by Crippen LogP contribution is 2.24. The average molecular weight is 390 g/mol. The molecule has 0 aliphatic heterocycles. The standard InChI is InChI=1S/C25H26O4/c1-3-5-6-7-16-28-24-11-10-19-17-21(9-8-20(19)18-24)25(26)29-23-14-12-22(13-15-23)27-4-2/h3,8-15,17-18H,1,4-7,16H2,2H3. The zero-order chi connectivity index (χ0) is 20.5. The van der Waals surface area contributed by atoms with Crippen LogP contribution in [0.2, 0.25) is 0 Å². The summed E-state index contributed by atoms with van der Waals surface area (Å²) in [5.74, 6) is 1.68. The number of benzene rings is 3. The van der Waals surface area contributed by atoms with Gasteiger partial charge in [0.25, 0.3) is 0 Å². The van der Waals surface area contributed by atoms with Gasteiger partial charge in [-0.2, -0.15) is 0 Å². The summed E-state index contributed by atoms with van der Waals surface area (Å²) in [5.41, 5.74) is 0.504. The summed E-state index contributed by atoms with van der Waals surface area (Å²) < 4.78 is 16.7. The smallest absolute Gasteiger partial charge is 0.343 e. The van der Waals surface area contributed by atoms with Crippen LogP contribution in [0.1, 0.15) is 36.5 Å². The van der Waals surface area contributed by atoms with Crippen molar-refractivity contribution in [3.05, 3.63) is 78.9 Å². The second-order valence-electron chi connectivity index (χ2n) is 6.65. The van der Waals surface area contributed by atoms with Crippen LogP contribution in [0, 0.1) is 0 Å². The molecular formula is C25H26O4. The van der Waals surface area contributed by atoms with E-state index >= 15 is 0 Å². The zero-order valence-electron chi connectivity index (χ0n) is 16.7. The lowest BCUT2D eigenvalue weighted by atomic mass is 10.1. The van der Waals surface area contributed by atoms with Crippen molar-refractivity contribution in [2.45, 2.75) is 26.2 Å². The Morgan fingerprint density at radius 1 is 0.862 bits per heavy atom. The fourth-order valence-electron chi connectivity index (χ4n) is 2.96. The van der Waals surface area contributed by atoms with Gasteiger partial charge >= 0.3 is 5.97 Å². The SMILES string of the molecule is C=CCCCCOc1ccc2cc(C(=O)Oc3ccc(OCC)cc3)ccc2c1. The fourth-order valence-corrected chi connectivity index (χ4v) is 2.96. The van der Waals surface area contributed by atoms with Crippen LogP contribution in [0.5, 0.6) is 17.2 Å². The normalized spacial score (nSPS) is 10.5. The van der Waals surface area contributed by atoms with E-state index in [1.54, 1.807) is 30.3 Å². The van der Waals surface area contributed by atoms with Gasteiger partial charge in [-0.25, -0.2) is 4.79 Å². The van der Waals surface area contributed by atoms with Gasteiger partial charge in [-0.3, -0.25) is 0 Å². The Balaban J connectivity index is 1.63. The van der Waals surface area contributed by atoms with Gasteiger partial charge in [-0.05, 0) is 85.5 Å². The quantitative estimate of drug-likeness (QED) is 0.179. The summed E-state index contributed by atoms with van der Waals surface area (Å²) in [6, 6.07) is 18.4. The number of unbranched alkanes of at least 4 members (excludes halogenated alkanes) is 2. The van der Waals surface area contributed by atoms with E-state index in [1.807, 2.05) is 43.3 Å². The Bertz CT molecular complexity index is 960. The molecular weight excluding hydrogens is 364 g/mol. The first-order chi connectivity index (χ1) is 14.2. The van der Waals surface area contributed by atoms with Crippen molar-refractivity contribution < 1.29 is 19.0 Å². The third-order valence-electron chi connectivity index (χ3n) is 4.46. The molecule has 3 aromatic rings. The highest BCUT2D eigenvalue weighted by molar-refractivity contribution is 5.96. The van der Waals surface area contributed by atoms with E-state index in [2.05, 4.69) is 6.58 Å². The first-order valence-electron chi connectivity index (χ1n) is 9.92. The maximum Gasteiger partial charge on any atom is 0.343 e. The third-order valence-corrected chi connectivity index (χ3v) is 4.46. The van der Waals surface area contributed by atoms with Gasteiger partial charge in [0.15, 0.2) is 0 Å². The molecule has 0 spiro atoms. The molecule has 0 unspecified atom stereocenters. The number of carbonyl (C=O) groups is 1. The summed E-state index contributed by atoms with van der Waals surface area (Å²) in [6.45, 7) is 6.93. The van der Waals surface area contributed by atoms with Crippen LogP contribution in [-0.2, 0) is 0 Å². The number of hydrogen-bond donors (Lipinski definition) is 0. The molecule has 0 heterocycles. The second-order valence-corrected chi connectivity index (χ2v) is 6.65. The second kappa shape index (κ2) is 10.3. The highest BCUT2D eigenvalue weighted by atomic mass is 16.5. The fraction of sp³-hybridized carbons (Fsp3) is 0.240. The molecule has 0 bridgehead atoms. The Labute approximate surface area is 171 Å². The summed E-state index contributed by atoms with van der Waals surface area (Å²) in [7, 11) is 0. The summed E-state index contributed by atoms with van der Waals surface area (Å²) in [4.78, 5) is 12.5. The van der Waals surface area contributed by atoms with Crippen LogP contribution < -0.4 is 14.2 Å². The highest BCUT2D eigenvalue weighted by Gasteiger charge is 2.10. The first-order valence-corrected chi connectivity index (χ1v) is 9.92. The van der Waals surface area contributed by atoms with Crippen molar-refractivity contribution in [1.82, 2.24) is 0 Å². The number of esters is 1. The lowest BCUT2D eigenvalue weighted by Crippen LogP contribution is -2.08. The van der Waals surface area contributed by atoms with Crippen LogP contribution in [-0.4, -0.2) is 19.2 Å². The largest absolute Gasteiger partial charge is 0.494 e. The van der Waals surface area contributed by atoms with Crippen LogP contribution in [0.4, 0.5) is 0 Å². The van der Waals surface area contributed by atoms with Gasteiger partial charge in [-0.15, -0.1) is 6.58 Å². The van der Waals surface area contributed by atoms with Gasteiger partial charge in [0.2, 0.25) is 0 Å². The molecule has 0 aromatic heterocycles. The van der Waals surface area contributed by atoms with E-state index in [0.717, 1.165) is 41.5 Å². The van der Waals surface area contributed by atoms with Crippen molar-refractivity contribution in [3.63, 3.8) is 0 Å². The van der Waals surface area contributed by atoms with Crippen molar-refractivity contribution in [2.75, 3.05) is 13.2 Å². The molecule has 0 aliphatic rings. The molecule has 0 atom stereocenters. The van der Waals surface area contributed by atoms with Crippen LogP contribution >= 0.6 is 0 Å². The first kappa shape index (κ1) is 20.5. The van der Waals surface area contributed by atoms with Crippen molar-refractivity contribution >= 4 is 16.7 Å². The molecule has 4 heteroatoms. The molecule has 0 radical (unpaired) electrons. The number of carbonyl (C=O) groups excluding carboxylic acids is 1. The number of rotatable bonds is 10. The predicted molar refractivity (Wildman–Crippen MR) is 116 cm³/mol. The number of allylic oxidation sites excluding steroid dienone is 1. The average Bonchev–Trinajstić information content (AvgIpc) is 2.74. The lowest BCUT2D eigenvalue weighted by molar-refractivity contribution is 0.0734. The van der Waals surface area contributed by atoms with Gasteiger partial charge in [0.05, 0.1) is 18.8 Å². The Kier molecular flexibility index (Phi) is 7.28. The maximum atomic E-state index is 12.5. The van der Waals surface area contributed by atoms with Gasteiger partial charge < -0.3 is 14.2 Å². The van der Waals surface area contributed by atoms with Crippen LogP contribution in [0.15, 0.2) is 73.3 Å². The third kappa shape index (κ3) is 5.85. The summed E-state index contributed by atoms with van der Waals surface area (Å²) >= 11 is 0. The molecule has 0 N–H and O–H groups in total. The minimum atomic E-state index is -0.390. The van der Waals surface area contributed by atoms with Gasteiger partial charge in [-0.1, -0.05) is 18.2 Å². The Morgan fingerprint density at radius 3 is 2.31 bits per heavy atom. The van der Waals surface area contributed by atoms with Crippen LogP contribution in [0.25, 0.3) is 10.8 Å². The van der Waals surface area contributed by atoms with E-state index in [0.29, 0.717) is 24.5 Å². The van der Waals surface area contributed by atoms with Crippen molar-refractivity contribution in [3.8, 4) is 17.2 Å². The molecule has 150 valence electrons. The number of fused-ring (bicyclic) bond motifs is 1. The number of ether oxygens (including phenoxy) is 3. The topological polar surface area (TPSA) is 44.8 Å². The molecule has 3 rings (SSSR count). The lowest BCUT2D eigenvalue weighted by Gasteiger charge is -2.09. The molecule has 0 saturated heterocycles. The van der Waals surface area contributed by atoms with Gasteiger partial charge in [0.1, 0.15) is 17.2 Å². The molecule has 29 heavy (non-hydrogen) atoms. The minimum absolute atomic E-state index is 0.390. The zero-order valence-corrected chi connectivity index (χ0v) is 16.7.